The molecule has 0 amide bonds. The van der Waals surface area contributed by atoms with Crippen LogP contribution in [0.25, 0.3) is 11.5 Å². The van der Waals surface area contributed by atoms with E-state index in [9.17, 15) is 0 Å². The quantitative estimate of drug-likeness (QED) is 0.935. The van der Waals surface area contributed by atoms with E-state index in [0.717, 1.165) is 15.6 Å². The second-order valence-corrected chi connectivity index (χ2v) is 5.50. The summed E-state index contributed by atoms with van der Waals surface area (Å²) in [7, 11) is 1.59. The highest BCUT2D eigenvalue weighted by Gasteiger charge is 2.28. The van der Waals surface area contributed by atoms with Crippen molar-refractivity contribution in [3.05, 3.63) is 34.1 Å². The summed E-state index contributed by atoms with van der Waals surface area (Å²) >= 11 is 3.52. The summed E-state index contributed by atoms with van der Waals surface area (Å²) in [5.41, 5.74) is 7.27. The highest BCUT2D eigenvalue weighted by Crippen LogP contribution is 2.30. The third kappa shape index (κ3) is 2.86. The molecule has 2 aromatic rings. The van der Waals surface area contributed by atoms with Gasteiger partial charge in [0.25, 0.3) is 5.89 Å². The number of aryl methyl sites for hydroxylation is 1. The van der Waals surface area contributed by atoms with E-state index in [4.69, 9.17) is 15.0 Å². The molecule has 6 heteroatoms. The van der Waals surface area contributed by atoms with Crippen LogP contribution in [-0.4, -0.2) is 23.9 Å². The molecule has 1 atom stereocenters. The lowest BCUT2D eigenvalue weighted by molar-refractivity contribution is 0.135. The molecule has 2 rings (SSSR count). The number of hydrogen-bond donors (Lipinski definition) is 1. The molecule has 1 aromatic carbocycles. The van der Waals surface area contributed by atoms with Crippen molar-refractivity contribution in [1.29, 1.82) is 0 Å². The number of methoxy groups -OCH3 is 1. The van der Waals surface area contributed by atoms with Crippen LogP contribution in [0.2, 0.25) is 0 Å². The van der Waals surface area contributed by atoms with Gasteiger partial charge in [-0.25, -0.2) is 0 Å². The van der Waals surface area contributed by atoms with Crippen molar-refractivity contribution in [1.82, 2.24) is 10.1 Å². The lowest BCUT2D eigenvalue weighted by Crippen LogP contribution is -2.38. The van der Waals surface area contributed by atoms with E-state index in [1.54, 1.807) is 14.0 Å². The molecule has 1 unspecified atom stereocenters. The van der Waals surface area contributed by atoms with Gasteiger partial charge in [-0.1, -0.05) is 17.3 Å². The lowest BCUT2D eigenvalue weighted by atomic mass is 10.1. The van der Waals surface area contributed by atoms with Crippen LogP contribution in [0.1, 0.15) is 18.3 Å². The molecule has 1 aromatic heterocycles. The Morgan fingerprint density at radius 1 is 1.47 bits per heavy atom. The van der Waals surface area contributed by atoms with Gasteiger partial charge >= 0.3 is 0 Å². The number of ether oxygens (including phenoxy) is 1. The van der Waals surface area contributed by atoms with Crippen molar-refractivity contribution in [3.63, 3.8) is 0 Å². The number of nitrogens with two attached hydrogens (primary N) is 1. The summed E-state index contributed by atoms with van der Waals surface area (Å²) in [5, 5.41) is 3.94. The van der Waals surface area contributed by atoms with Crippen LogP contribution in [0, 0.1) is 6.92 Å². The van der Waals surface area contributed by atoms with Gasteiger partial charge in [0, 0.05) is 11.6 Å². The zero-order valence-electron chi connectivity index (χ0n) is 11.1. The molecule has 0 fully saturated rings. The fourth-order valence-corrected chi connectivity index (χ4v) is 2.18. The minimum Gasteiger partial charge on any atom is -0.382 e. The molecule has 0 saturated heterocycles. The average Bonchev–Trinajstić information content (AvgIpc) is 2.82. The molecule has 0 aliphatic rings. The molecule has 19 heavy (non-hydrogen) atoms. The van der Waals surface area contributed by atoms with Crippen molar-refractivity contribution in [2.24, 2.45) is 5.73 Å². The number of halogens is 1. The maximum atomic E-state index is 6.09. The van der Waals surface area contributed by atoms with Gasteiger partial charge in [-0.15, -0.1) is 0 Å². The molecule has 5 nitrogen and oxygen atoms in total. The Bertz CT molecular complexity index is 581. The number of nitrogens with zero attached hydrogens (tertiary/aromatic N) is 2. The normalized spacial score (nSPS) is 14.4. The lowest BCUT2D eigenvalue weighted by Gasteiger charge is -2.18. The first-order chi connectivity index (χ1) is 8.95. The summed E-state index contributed by atoms with van der Waals surface area (Å²) in [5.74, 6) is 0.871. The zero-order chi connectivity index (χ0) is 14.0. The maximum Gasteiger partial charge on any atom is 0.259 e. The third-order valence-corrected chi connectivity index (χ3v) is 3.86. The van der Waals surface area contributed by atoms with Gasteiger partial charge in [0.05, 0.1) is 12.2 Å². The van der Waals surface area contributed by atoms with Crippen LogP contribution < -0.4 is 5.73 Å². The van der Waals surface area contributed by atoms with Crippen molar-refractivity contribution in [3.8, 4) is 11.5 Å². The Kier molecular flexibility index (Phi) is 4.03. The van der Waals surface area contributed by atoms with Crippen LogP contribution in [0.5, 0.6) is 0 Å². The largest absolute Gasteiger partial charge is 0.382 e. The second kappa shape index (κ2) is 5.40. The average molecular weight is 326 g/mol. The van der Waals surface area contributed by atoms with E-state index in [2.05, 4.69) is 26.1 Å². The molecule has 0 radical (unpaired) electrons. The number of rotatable bonds is 4. The molecular formula is C13H16BrN3O2. The molecule has 0 bridgehead atoms. The van der Waals surface area contributed by atoms with Gasteiger partial charge in [-0.2, -0.15) is 4.98 Å². The van der Waals surface area contributed by atoms with E-state index in [1.165, 1.54) is 0 Å². The smallest absolute Gasteiger partial charge is 0.259 e. The summed E-state index contributed by atoms with van der Waals surface area (Å²) in [6, 6.07) is 5.86. The molecule has 1 heterocycles. The van der Waals surface area contributed by atoms with Gasteiger partial charge in [0.15, 0.2) is 5.82 Å². The first-order valence-corrected chi connectivity index (χ1v) is 6.62. The van der Waals surface area contributed by atoms with Crippen LogP contribution in [0.15, 0.2) is 27.2 Å². The monoisotopic (exact) mass is 325 g/mol. The van der Waals surface area contributed by atoms with Crippen LogP contribution in [0.4, 0.5) is 0 Å². The number of benzene rings is 1. The minimum atomic E-state index is -0.771. The first-order valence-electron chi connectivity index (χ1n) is 5.83. The minimum absolute atomic E-state index is 0.320. The van der Waals surface area contributed by atoms with Gasteiger partial charge in [-0.3, -0.25) is 0 Å². The van der Waals surface area contributed by atoms with E-state index in [1.807, 2.05) is 25.1 Å². The van der Waals surface area contributed by atoms with Crippen molar-refractivity contribution < 1.29 is 9.26 Å². The van der Waals surface area contributed by atoms with Crippen molar-refractivity contribution >= 4 is 15.9 Å². The predicted molar refractivity (Wildman–Crippen MR) is 75.6 cm³/mol. The summed E-state index contributed by atoms with van der Waals surface area (Å²) in [6.07, 6.45) is 0. The topological polar surface area (TPSA) is 74.2 Å². The molecule has 0 saturated carbocycles. The van der Waals surface area contributed by atoms with Gasteiger partial charge in [-0.05, 0) is 41.4 Å². The zero-order valence-corrected chi connectivity index (χ0v) is 12.7. The van der Waals surface area contributed by atoms with E-state index >= 15 is 0 Å². The third-order valence-electron chi connectivity index (χ3n) is 2.80. The predicted octanol–water partition coefficient (Wildman–Crippen LogP) is 2.63. The van der Waals surface area contributed by atoms with Crippen LogP contribution in [-0.2, 0) is 10.3 Å². The Labute approximate surface area is 120 Å². The second-order valence-electron chi connectivity index (χ2n) is 4.71. The van der Waals surface area contributed by atoms with Crippen LogP contribution in [0.3, 0.4) is 0 Å². The Balaban J connectivity index is 2.39. The van der Waals surface area contributed by atoms with Gasteiger partial charge in [0.2, 0.25) is 0 Å². The maximum absolute atomic E-state index is 6.09. The van der Waals surface area contributed by atoms with Crippen molar-refractivity contribution in [2.75, 3.05) is 13.7 Å². The van der Waals surface area contributed by atoms with E-state index < -0.39 is 5.54 Å². The highest BCUT2D eigenvalue weighted by molar-refractivity contribution is 9.10. The van der Waals surface area contributed by atoms with Crippen LogP contribution >= 0.6 is 15.9 Å². The number of aromatic nitrogens is 2. The highest BCUT2D eigenvalue weighted by atomic mass is 79.9. The first kappa shape index (κ1) is 14.2. The van der Waals surface area contributed by atoms with Gasteiger partial charge < -0.3 is 15.0 Å². The molecule has 0 aliphatic carbocycles. The molecule has 102 valence electrons. The molecule has 2 N–H and O–H groups in total. The molecule has 0 aliphatic heterocycles. The summed E-state index contributed by atoms with van der Waals surface area (Å²) in [4.78, 5) is 4.36. The Hall–Kier alpha value is -1.24. The molecule has 0 spiro atoms. The number of hydrogen-bond acceptors (Lipinski definition) is 5. The van der Waals surface area contributed by atoms with Gasteiger partial charge in [0.1, 0.15) is 5.54 Å². The Morgan fingerprint density at radius 2 is 2.21 bits per heavy atom. The fourth-order valence-electron chi connectivity index (χ4n) is 1.74. The molecular weight excluding hydrogens is 310 g/mol. The Morgan fingerprint density at radius 3 is 2.89 bits per heavy atom. The van der Waals surface area contributed by atoms with E-state index in [0.29, 0.717) is 18.3 Å². The summed E-state index contributed by atoms with van der Waals surface area (Å²) < 4.78 is 11.3. The fraction of sp³-hybridized carbons (Fsp3) is 0.385. The standard InChI is InChI=1S/C13H16BrN3O2/c1-8-5-4-6-9(10(8)14)11-16-12(17-19-11)13(2,15)7-18-3/h4-6H,7,15H2,1-3H3. The van der Waals surface area contributed by atoms with Crippen molar-refractivity contribution in [2.45, 2.75) is 19.4 Å². The SMILES string of the molecule is COCC(C)(N)c1noc(-c2cccc(C)c2Br)n1. The van der Waals surface area contributed by atoms with E-state index in [-0.39, 0.29) is 0 Å². The summed E-state index contributed by atoms with van der Waals surface area (Å²) in [6.45, 7) is 4.13.